The van der Waals surface area contributed by atoms with Gasteiger partial charge in [0.15, 0.2) is 0 Å². The van der Waals surface area contributed by atoms with Gasteiger partial charge in [0.05, 0.1) is 0 Å². The summed E-state index contributed by atoms with van der Waals surface area (Å²) in [5.74, 6) is 1.88. The second kappa shape index (κ2) is 5.40. The second-order valence-electron chi connectivity index (χ2n) is 5.21. The fourth-order valence-electron chi connectivity index (χ4n) is 2.67. The third-order valence-corrected chi connectivity index (χ3v) is 5.95. The molecule has 98 valence electrons. The normalized spacial score (nSPS) is 15.8. The molecule has 0 heterocycles. The zero-order valence-electron chi connectivity index (χ0n) is 11.2. The molecule has 0 spiro atoms. The number of aryl methyl sites for hydroxylation is 4. The van der Waals surface area contributed by atoms with Crippen LogP contribution in [0.4, 0.5) is 0 Å². The predicted octanol–water partition coefficient (Wildman–Crippen LogP) is 2.83. The Hall–Kier alpha value is -1.24. The standard InChI is InChI=1S/C17H18OSe/c1-19(18)17-12-15-7-6-13-2-4-14(5-3-13)8-10-16(17)11-9-15/h2-5,9,11-12H,6-8,10H2,1H3. The summed E-state index contributed by atoms with van der Waals surface area (Å²) in [6.45, 7) is 0. The van der Waals surface area contributed by atoms with Gasteiger partial charge in [0.1, 0.15) is 0 Å². The Morgan fingerprint density at radius 3 is 1.95 bits per heavy atom. The minimum atomic E-state index is -1.84. The third kappa shape index (κ3) is 2.86. The van der Waals surface area contributed by atoms with Gasteiger partial charge in [-0.25, -0.2) is 0 Å². The molecule has 0 saturated carbocycles. The molecule has 0 aromatic heterocycles. The van der Waals surface area contributed by atoms with E-state index in [4.69, 9.17) is 0 Å². The van der Waals surface area contributed by atoms with E-state index in [9.17, 15) is 3.83 Å². The summed E-state index contributed by atoms with van der Waals surface area (Å²) in [6.07, 6.45) is 4.12. The fraction of sp³-hybridized carbons (Fsp3) is 0.294. The van der Waals surface area contributed by atoms with Crippen LogP contribution in [0, 0.1) is 0 Å². The van der Waals surface area contributed by atoms with E-state index in [1.165, 1.54) is 22.3 Å². The van der Waals surface area contributed by atoms with Crippen molar-refractivity contribution in [3.8, 4) is 0 Å². The van der Waals surface area contributed by atoms with Gasteiger partial charge in [0.2, 0.25) is 0 Å². The maximum absolute atomic E-state index is 12.0. The topological polar surface area (TPSA) is 17.1 Å². The molecule has 2 aromatic carbocycles. The molecule has 1 nitrogen and oxygen atoms in total. The molecule has 0 fully saturated rings. The van der Waals surface area contributed by atoms with Crippen LogP contribution in [0.5, 0.6) is 0 Å². The van der Waals surface area contributed by atoms with E-state index in [0.29, 0.717) is 0 Å². The molecular formula is C17H18OSe. The van der Waals surface area contributed by atoms with Crippen molar-refractivity contribution in [3.63, 3.8) is 0 Å². The van der Waals surface area contributed by atoms with Crippen molar-refractivity contribution in [1.82, 2.24) is 0 Å². The summed E-state index contributed by atoms with van der Waals surface area (Å²) in [7, 11) is 0. The molecule has 6 rings (SSSR count). The van der Waals surface area contributed by atoms with Crippen molar-refractivity contribution >= 4 is 18.3 Å². The van der Waals surface area contributed by atoms with Crippen LogP contribution in [0.2, 0.25) is 5.82 Å². The molecule has 0 saturated heterocycles. The van der Waals surface area contributed by atoms with Gasteiger partial charge in [-0.3, -0.25) is 0 Å². The van der Waals surface area contributed by atoms with Crippen molar-refractivity contribution < 1.29 is 3.83 Å². The molecule has 4 bridgehead atoms. The first kappa shape index (κ1) is 12.8. The summed E-state index contributed by atoms with van der Waals surface area (Å²) in [4.78, 5) is 0. The Bertz CT molecular complexity index is 614. The molecule has 4 aliphatic rings. The number of rotatable bonds is 1. The van der Waals surface area contributed by atoms with Crippen molar-refractivity contribution in [3.05, 3.63) is 64.7 Å². The maximum atomic E-state index is 12.0. The summed E-state index contributed by atoms with van der Waals surface area (Å²) < 4.78 is 13.1. The van der Waals surface area contributed by atoms with Crippen LogP contribution >= 0.6 is 0 Å². The molecule has 4 aliphatic carbocycles. The van der Waals surface area contributed by atoms with Gasteiger partial charge in [-0.15, -0.1) is 0 Å². The molecule has 19 heavy (non-hydrogen) atoms. The van der Waals surface area contributed by atoms with Crippen LogP contribution in [0.15, 0.2) is 42.5 Å². The van der Waals surface area contributed by atoms with E-state index in [-0.39, 0.29) is 0 Å². The van der Waals surface area contributed by atoms with Gasteiger partial charge in [0.25, 0.3) is 0 Å². The summed E-state index contributed by atoms with van der Waals surface area (Å²) >= 11 is -1.84. The van der Waals surface area contributed by atoms with Gasteiger partial charge in [-0.05, 0) is 0 Å². The van der Waals surface area contributed by atoms with Crippen LogP contribution in [0.1, 0.15) is 22.3 Å². The molecule has 1 unspecified atom stereocenters. The van der Waals surface area contributed by atoms with Crippen LogP contribution in [-0.2, 0) is 29.5 Å². The minimum absolute atomic E-state index is 0.991. The first-order valence-corrected chi connectivity index (χ1v) is 10.0. The molecule has 0 N–H and O–H groups in total. The van der Waals surface area contributed by atoms with E-state index >= 15 is 0 Å². The molecule has 2 aromatic rings. The van der Waals surface area contributed by atoms with Gasteiger partial charge in [-0.2, -0.15) is 0 Å². The number of hydrogen-bond donors (Lipinski definition) is 0. The first-order valence-electron chi connectivity index (χ1n) is 6.75. The SMILES string of the molecule is C[Se](=O)c1cc2ccc1CCc1ccc(cc1)CC2. The van der Waals surface area contributed by atoms with Gasteiger partial charge in [-0.1, -0.05) is 0 Å². The van der Waals surface area contributed by atoms with E-state index in [0.717, 1.165) is 30.1 Å². The zero-order valence-corrected chi connectivity index (χ0v) is 12.9. The van der Waals surface area contributed by atoms with Crippen LogP contribution in [0.25, 0.3) is 0 Å². The average Bonchev–Trinajstić information content (AvgIpc) is 2.41. The molecule has 0 aliphatic heterocycles. The monoisotopic (exact) mass is 318 g/mol. The van der Waals surface area contributed by atoms with Gasteiger partial charge < -0.3 is 0 Å². The van der Waals surface area contributed by atoms with Crippen molar-refractivity contribution in [1.29, 1.82) is 0 Å². The quantitative estimate of drug-likeness (QED) is 0.739. The Balaban J connectivity index is 2.03. The third-order valence-electron chi connectivity index (χ3n) is 3.85. The van der Waals surface area contributed by atoms with Crippen molar-refractivity contribution in [2.45, 2.75) is 31.5 Å². The Kier molecular flexibility index (Phi) is 3.63. The van der Waals surface area contributed by atoms with Crippen molar-refractivity contribution in [2.75, 3.05) is 0 Å². The molecule has 0 radical (unpaired) electrons. The van der Waals surface area contributed by atoms with Crippen LogP contribution in [0.3, 0.4) is 0 Å². The second-order valence-corrected chi connectivity index (χ2v) is 8.04. The number of benzene rings is 2. The zero-order chi connectivity index (χ0) is 13.2. The molecule has 0 amide bonds. The Morgan fingerprint density at radius 2 is 1.32 bits per heavy atom. The van der Waals surface area contributed by atoms with E-state index in [1.807, 2.05) is 5.82 Å². The first-order chi connectivity index (χ1) is 9.22. The summed E-state index contributed by atoms with van der Waals surface area (Å²) in [5.41, 5.74) is 5.35. The molecular weight excluding hydrogens is 299 g/mol. The molecule has 2 heteroatoms. The van der Waals surface area contributed by atoms with E-state index in [1.54, 1.807) is 0 Å². The van der Waals surface area contributed by atoms with E-state index in [2.05, 4.69) is 42.5 Å². The molecule has 1 atom stereocenters. The van der Waals surface area contributed by atoms with Gasteiger partial charge in [0, 0.05) is 0 Å². The average molecular weight is 317 g/mol. The Morgan fingerprint density at radius 1 is 0.789 bits per heavy atom. The van der Waals surface area contributed by atoms with Gasteiger partial charge >= 0.3 is 118 Å². The fourth-order valence-corrected chi connectivity index (χ4v) is 4.47. The van der Waals surface area contributed by atoms with Crippen LogP contribution < -0.4 is 4.46 Å². The summed E-state index contributed by atoms with van der Waals surface area (Å²) in [5, 5.41) is 0. The van der Waals surface area contributed by atoms with Crippen molar-refractivity contribution in [2.24, 2.45) is 0 Å². The number of hydrogen-bond acceptors (Lipinski definition) is 1. The van der Waals surface area contributed by atoms with Crippen LogP contribution in [-0.4, -0.2) is 13.8 Å². The summed E-state index contributed by atoms with van der Waals surface area (Å²) in [6, 6.07) is 15.5. The Labute approximate surface area is 118 Å². The van der Waals surface area contributed by atoms with E-state index < -0.39 is 13.8 Å². The predicted molar refractivity (Wildman–Crippen MR) is 79.6 cm³/mol.